The van der Waals surface area contributed by atoms with Crippen LogP contribution >= 0.6 is 0 Å². The Balaban J connectivity index is 1.74. The summed E-state index contributed by atoms with van der Waals surface area (Å²) in [5.74, 6) is 0.159. The van der Waals surface area contributed by atoms with Gasteiger partial charge in [0.1, 0.15) is 30.6 Å². The molecule has 3 rings (SSSR count). The summed E-state index contributed by atoms with van der Waals surface area (Å²) >= 11 is 0. The number of carbonyl (C=O) groups is 1. The average molecular weight is 328 g/mol. The van der Waals surface area contributed by atoms with Gasteiger partial charge >= 0.3 is 0 Å². The molecule has 0 aromatic carbocycles. The number of aromatic amines is 1. The van der Waals surface area contributed by atoms with Crippen LogP contribution in [0, 0.1) is 0 Å². The smallest absolute Gasteiger partial charge is 0.263 e. The zero-order valence-corrected chi connectivity index (χ0v) is 13.6. The highest BCUT2D eigenvalue weighted by atomic mass is 16.2. The maximum atomic E-state index is 12.7. The molecule has 8 nitrogen and oxygen atoms in total. The molecule has 24 heavy (non-hydrogen) atoms. The lowest BCUT2D eigenvalue weighted by atomic mass is 10.1. The van der Waals surface area contributed by atoms with Crippen molar-refractivity contribution in [2.45, 2.75) is 38.8 Å². The first kappa shape index (κ1) is 16.1. The Bertz CT molecular complexity index is 780. The van der Waals surface area contributed by atoms with E-state index in [1.54, 1.807) is 9.58 Å². The van der Waals surface area contributed by atoms with Crippen LogP contribution in [0.2, 0.25) is 0 Å². The van der Waals surface area contributed by atoms with Gasteiger partial charge in [-0.2, -0.15) is 5.10 Å². The molecule has 126 valence electrons. The van der Waals surface area contributed by atoms with E-state index in [2.05, 4.69) is 27.0 Å². The molecule has 0 radical (unpaired) electrons. The standard InChI is InChI=1S/C16H20N6O2/c1-2-3-5-12-6-4-7-22(12)16(24)13-8-18-14(20-15(13)23)9-21-11-17-10-19-21/h4,6,8,10-12H,2-3,5,7,9H2,1H3,(H,18,20,23)/t12-/m0/s1. The first-order valence-electron chi connectivity index (χ1n) is 8.07. The summed E-state index contributed by atoms with van der Waals surface area (Å²) in [6.07, 6.45) is 11.3. The molecule has 2 aromatic rings. The van der Waals surface area contributed by atoms with E-state index in [9.17, 15) is 9.59 Å². The predicted octanol–water partition coefficient (Wildman–Crippen LogP) is 0.980. The molecule has 0 bridgehead atoms. The van der Waals surface area contributed by atoms with Gasteiger partial charge in [0.25, 0.3) is 11.5 Å². The van der Waals surface area contributed by atoms with Crippen molar-refractivity contribution in [2.75, 3.05) is 6.54 Å². The lowest BCUT2D eigenvalue weighted by Crippen LogP contribution is -2.39. The van der Waals surface area contributed by atoms with Crippen LogP contribution in [0.25, 0.3) is 0 Å². The number of nitrogens with one attached hydrogen (secondary N) is 1. The fraction of sp³-hybridized carbons (Fsp3) is 0.438. The van der Waals surface area contributed by atoms with Gasteiger partial charge in [0, 0.05) is 12.7 Å². The summed E-state index contributed by atoms with van der Waals surface area (Å²) in [5, 5.41) is 3.96. The highest BCUT2D eigenvalue weighted by Gasteiger charge is 2.27. The van der Waals surface area contributed by atoms with Gasteiger partial charge in [-0.15, -0.1) is 0 Å². The number of aromatic nitrogens is 5. The summed E-state index contributed by atoms with van der Waals surface area (Å²) < 4.78 is 1.55. The van der Waals surface area contributed by atoms with Crippen molar-refractivity contribution in [2.24, 2.45) is 0 Å². The van der Waals surface area contributed by atoms with E-state index in [1.165, 1.54) is 18.9 Å². The van der Waals surface area contributed by atoms with Gasteiger partial charge < -0.3 is 9.88 Å². The molecule has 1 aliphatic heterocycles. The summed E-state index contributed by atoms with van der Waals surface area (Å²) in [6, 6.07) is 0.0617. The van der Waals surface area contributed by atoms with Crippen molar-refractivity contribution >= 4 is 5.91 Å². The maximum absolute atomic E-state index is 12.7. The quantitative estimate of drug-likeness (QED) is 0.797. The SMILES string of the molecule is CCCC[C@H]1C=CCN1C(=O)c1cnc(Cn2cncn2)[nH]c1=O. The Labute approximate surface area is 139 Å². The van der Waals surface area contributed by atoms with Gasteiger partial charge in [0.05, 0.1) is 6.04 Å². The molecule has 2 aromatic heterocycles. The minimum absolute atomic E-state index is 0.0617. The van der Waals surface area contributed by atoms with Crippen molar-refractivity contribution < 1.29 is 4.79 Å². The van der Waals surface area contributed by atoms with E-state index in [1.807, 2.05) is 12.2 Å². The summed E-state index contributed by atoms with van der Waals surface area (Å²) in [7, 11) is 0. The van der Waals surface area contributed by atoms with Crippen LogP contribution in [0.3, 0.4) is 0 Å². The lowest BCUT2D eigenvalue weighted by molar-refractivity contribution is 0.0741. The number of hydrogen-bond acceptors (Lipinski definition) is 5. The normalized spacial score (nSPS) is 16.7. The highest BCUT2D eigenvalue weighted by molar-refractivity contribution is 5.94. The number of amides is 1. The van der Waals surface area contributed by atoms with Crippen LogP contribution in [-0.4, -0.2) is 48.1 Å². The monoisotopic (exact) mass is 328 g/mol. The van der Waals surface area contributed by atoms with Gasteiger partial charge in [-0.1, -0.05) is 31.9 Å². The molecule has 3 heterocycles. The Hall–Kier alpha value is -2.77. The van der Waals surface area contributed by atoms with Crippen molar-refractivity contribution in [3.63, 3.8) is 0 Å². The van der Waals surface area contributed by atoms with Gasteiger partial charge in [-0.05, 0) is 6.42 Å². The Kier molecular flexibility index (Phi) is 4.83. The number of nitrogens with zero attached hydrogens (tertiary/aromatic N) is 5. The summed E-state index contributed by atoms with van der Waals surface area (Å²) in [4.78, 5) is 37.3. The van der Waals surface area contributed by atoms with Crippen LogP contribution in [0.1, 0.15) is 42.4 Å². The second-order valence-electron chi connectivity index (χ2n) is 5.76. The summed E-state index contributed by atoms with van der Waals surface area (Å²) in [6.45, 7) is 2.95. The molecule has 1 aliphatic rings. The van der Waals surface area contributed by atoms with Crippen LogP contribution in [0.4, 0.5) is 0 Å². The van der Waals surface area contributed by atoms with Crippen molar-refractivity contribution in [3.05, 3.63) is 52.7 Å². The fourth-order valence-corrected chi connectivity index (χ4v) is 2.76. The molecule has 1 N–H and O–H groups in total. The summed E-state index contributed by atoms with van der Waals surface area (Å²) in [5.41, 5.74) is -0.353. The zero-order chi connectivity index (χ0) is 16.9. The average Bonchev–Trinajstić information content (AvgIpc) is 3.24. The first-order chi connectivity index (χ1) is 11.7. The lowest BCUT2D eigenvalue weighted by Gasteiger charge is -2.24. The molecule has 1 atom stereocenters. The van der Waals surface area contributed by atoms with E-state index in [0.717, 1.165) is 19.3 Å². The number of H-pyrrole nitrogens is 1. The van der Waals surface area contributed by atoms with Crippen LogP contribution in [0.5, 0.6) is 0 Å². The minimum Gasteiger partial charge on any atom is -0.328 e. The first-order valence-corrected chi connectivity index (χ1v) is 8.07. The molecule has 0 fully saturated rings. The fourth-order valence-electron chi connectivity index (χ4n) is 2.76. The van der Waals surface area contributed by atoms with Crippen molar-refractivity contribution in [1.29, 1.82) is 0 Å². The maximum Gasteiger partial charge on any atom is 0.263 e. The molecule has 0 saturated heterocycles. The van der Waals surface area contributed by atoms with Crippen LogP contribution < -0.4 is 5.56 Å². The Morgan fingerprint density at radius 2 is 2.33 bits per heavy atom. The van der Waals surface area contributed by atoms with Gasteiger partial charge in [0.2, 0.25) is 0 Å². The number of unbranched alkanes of at least 4 members (excludes halogenated alkanes) is 1. The van der Waals surface area contributed by atoms with Gasteiger partial charge in [-0.25, -0.2) is 14.6 Å². The van der Waals surface area contributed by atoms with Crippen LogP contribution in [-0.2, 0) is 6.54 Å². The van der Waals surface area contributed by atoms with E-state index < -0.39 is 5.56 Å². The molecule has 8 heteroatoms. The van der Waals surface area contributed by atoms with Crippen LogP contribution in [0.15, 0.2) is 35.8 Å². The van der Waals surface area contributed by atoms with E-state index in [-0.39, 0.29) is 17.5 Å². The van der Waals surface area contributed by atoms with Crippen molar-refractivity contribution in [3.8, 4) is 0 Å². The number of carbonyl (C=O) groups excluding carboxylic acids is 1. The molecular formula is C16H20N6O2. The third-order valence-electron chi connectivity index (χ3n) is 4.04. The molecule has 0 saturated carbocycles. The topological polar surface area (TPSA) is 96.8 Å². The largest absolute Gasteiger partial charge is 0.328 e. The third-order valence-corrected chi connectivity index (χ3v) is 4.04. The second kappa shape index (κ2) is 7.20. The van der Waals surface area contributed by atoms with E-state index in [0.29, 0.717) is 18.9 Å². The van der Waals surface area contributed by atoms with E-state index >= 15 is 0 Å². The molecular weight excluding hydrogens is 308 g/mol. The highest BCUT2D eigenvalue weighted by Crippen LogP contribution is 2.17. The Morgan fingerprint density at radius 1 is 1.46 bits per heavy atom. The Morgan fingerprint density at radius 3 is 3.04 bits per heavy atom. The van der Waals surface area contributed by atoms with E-state index in [4.69, 9.17) is 0 Å². The van der Waals surface area contributed by atoms with Gasteiger partial charge in [0.15, 0.2) is 0 Å². The molecule has 0 unspecified atom stereocenters. The predicted molar refractivity (Wildman–Crippen MR) is 87.5 cm³/mol. The molecule has 0 aliphatic carbocycles. The third kappa shape index (κ3) is 3.42. The molecule has 0 spiro atoms. The second-order valence-corrected chi connectivity index (χ2v) is 5.76. The number of hydrogen-bond donors (Lipinski definition) is 1. The minimum atomic E-state index is -0.425. The molecule has 1 amide bonds. The zero-order valence-electron chi connectivity index (χ0n) is 13.6. The van der Waals surface area contributed by atoms with Gasteiger partial charge in [-0.3, -0.25) is 9.59 Å². The number of rotatable bonds is 6. The van der Waals surface area contributed by atoms with Crippen molar-refractivity contribution in [1.82, 2.24) is 29.6 Å².